The van der Waals surface area contributed by atoms with Crippen LogP contribution >= 0.6 is 0 Å². The molecule has 0 saturated carbocycles. The Balaban J connectivity index is 1.23. The number of carbonyl (C=O) groups is 6. The molecule has 8 N–H and O–H groups in total. The lowest BCUT2D eigenvalue weighted by atomic mass is 9.89. The van der Waals surface area contributed by atoms with Gasteiger partial charge in [-0.3, -0.25) is 19.2 Å². The monoisotopic (exact) mass is 956 g/mol. The lowest BCUT2D eigenvalue weighted by molar-refractivity contribution is -0.271. The van der Waals surface area contributed by atoms with Crippen LogP contribution in [-0.4, -0.2) is 121 Å². The number of rotatable bonds is 16. The molecule has 5 heterocycles. The molecule has 21 heteroatoms. The Labute approximate surface area is 395 Å². The van der Waals surface area contributed by atoms with Crippen LogP contribution in [-0.2, 0) is 63.4 Å². The molecule has 1 fully saturated rings. The maximum absolute atomic E-state index is 14.5. The number of aromatic nitrogens is 2. The molecule has 0 spiro atoms. The largest absolute Gasteiger partial charge is 0.479 e. The topological polar surface area (TPSA) is 303 Å². The number of aliphatic hydroxyl groups excluding tert-OH is 3. The normalized spacial score (nSPS) is 22.4. The molecule has 1 saturated heterocycles. The second kappa shape index (κ2) is 20.1. The van der Waals surface area contributed by atoms with Crippen molar-refractivity contribution in [3.63, 3.8) is 0 Å². The van der Waals surface area contributed by atoms with Gasteiger partial charge >= 0.3 is 17.9 Å². The quantitative estimate of drug-likeness (QED) is 0.0648. The standard InChI is InChI=1S/C48H56N6O15/c1-8-34(55)53-35(21(2)3)42(60)50-23(6)41(59)51-24-13-14-27(33(17-24)67-46-39(58)37(56)38(57)40(68-46)44(62)63)45(64)69-48(7)30-18-32-36-28(19-54(32)43(61)29(30)20-66-47(48)65)25(15-16-49-22(4)5)26-11-9-10-12-31(26)52-36/h9-14,17-18,21-23,35,37-40,46,49,56-58H,8,15-16,19-20H2,1-7H3,(H,50,60)(H,51,59)(H,53,55)(H,62,63)/t23-,35-,37-,38-,39+,40-,46+,48-/m0/s1. The molecule has 2 aromatic carbocycles. The summed E-state index contributed by atoms with van der Waals surface area (Å²) >= 11 is 0. The van der Waals surface area contributed by atoms with Gasteiger partial charge in [-0.2, -0.15) is 0 Å². The number of amides is 3. The molecule has 3 aliphatic heterocycles. The van der Waals surface area contributed by atoms with E-state index in [4.69, 9.17) is 23.9 Å². The van der Waals surface area contributed by atoms with Crippen LogP contribution in [0.15, 0.2) is 53.3 Å². The predicted molar refractivity (Wildman–Crippen MR) is 245 cm³/mol. The predicted octanol–water partition coefficient (Wildman–Crippen LogP) is 1.36. The van der Waals surface area contributed by atoms with Gasteiger partial charge in [-0.05, 0) is 62.6 Å². The van der Waals surface area contributed by atoms with Gasteiger partial charge in [-0.1, -0.05) is 52.8 Å². The van der Waals surface area contributed by atoms with E-state index in [0.29, 0.717) is 29.9 Å². The number of carbonyl (C=O) groups excluding carboxylic acids is 5. The zero-order chi connectivity index (χ0) is 50.2. The van der Waals surface area contributed by atoms with Crippen LogP contribution in [0.1, 0.15) is 87.5 Å². The van der Waals surface area contributed by atoms with E-state index in [1.165, 1.54) is 19.9 Å². The Morgan fingerprint density at radius 1 is 0.928 bits per heavy atom. The number of carboxylic acid groups (broad SMARTS) is 1. The van der Waals surface area contributed by atoms with Gasteiger partial charge in [0.2, 0.25) is 29.6 Å². The third-order valence-electron chi connectivity index (χ3n) is 12.4. The number of pyridine rings is 2. The molecule has 0 unspecified atom stereocenters. The van der Waals surface area contributed by atoms with Gasteiger partial charge in [0, 0.05) is 40.7 Å². The van der Waals surface area contributed by atoms with E-state index >= 15 is 0 Å². The molecule has 368 valence electrons. The first kappa shape index (κ1) is 50.1. The Bertz CT molecular complexity index is 2770. The molecular weight excluding hydrogens is 901 g/mol. The number of benzene rings is 2. The third-order valence-corrected chi connectivity index (χ3v) is 12.4. The van der Waals surface area contributed by atoms with Gasteiger partial charge in [0.1, 0.15) is 48.3 Å². The number of anilines is 1. The van der Waals surface area contributed by atoms with Crippen molar-refractivity contribution in [1.29, 1.82) is 0 Å². The van der Waals surface area contributed by atoms with Gasteiger partial charge in [0.05, 0.1) is 29.0 Å². The number of esters is 2. The number of para-hydroxylation sites is 1. The van der Waals surface area contributed by atoms with Crippen LogP contribution < -0.4 is 31.6 Å². The van der Waals surface area contributed by atoms with Crippen molar-refractivity contribution in [3.05, 3.63) is 86.7 Å². The number of aliphatic hydroxyl groups is 3. The molecule has 3 amide bonds. The Hall–Kier alpha value is -6.78. The van der Waals surface area contributed by atoms with Crippen LogP contribution in [0.25, 0.3) is 22.3 Å². The van der Waals surface area contributed by atoms with Crippen molar-refractivity contribution in [1.82, 2.24) is 25.5 Å². The number of cyclic esters (lactones) is 1. The Kier molecular flexibility index (Phi) is 14.6. The fraction of sp³-hybridized carbons (Fsp3) is 0.458. The van der Waals surface area contributed by atoms with Crippen LogP contribution in [0.4, 0.5) is 5.69 Å². The third kappa shape index (κ3) is 9.91. The minimum Gasteiger partial charge on any atom is -0.479 e. The SMILES string of the molecule is CCC(=O)N[C@H](C(=O)N[C@@H](C)C(=O)Nc1ccc(C(=O)O[C@]2(C)C(=O)OCc3c2cc2n(c3=O)Cc3c-2nc2ccccc2c3CCNC(C)C)c(O[C@@H]2O[C@H](C(=O)O)[C@@H](O)[C@H](O)[C@H]2O)c1)C(C)C. The second-order valence-corrected chi connectivity index (χ2v) is 18.0. The molecule has 0 bridgehead atoms. The lowest BCUT2D eigenvalue weighted by Gasteiger charge is -2.38. The van der Waals surface area contributed by atoms with E-state index in [-0.39, 0.29) is 47.6 Å². The average molecular weight is 957 g/mol. The van der Waals surface area contributed by atoms with E-state index in [1.807, 2.05) is 38.1 Å². The van der Waals surface area contributed by atoms with E-state index in [0.717, 1.165) is 28.6 Å². The highest BCUT2D eigenvalue weighted by atomic mass is 16.7. The summed E-state index contributed by atoms with van der Waals surface area (Å²) in [7, 11) is 0. The van der Waals surface area contributed by atoms with Crippen molar-refractivity contribution >= 4 is 52.2 Å². The highest BCUT2D eigenvalue weighted by molar-refractivity contribution is 6.00. The number of fused-ring (bicyclic) bond motifs is 5. The van der Waals surface area contributed by atoms with Crippen LogP contribution in [0.3, 0.4) is 0 Å². The zero-order valence-electron chi connectivity index (χ0n) is 39.0. The van der Waals surface area contributed by atoms with Crippen molar-refractivity contribution in [2.24, 2.45) is 5.92 Å². The summed E-state index contributed by atoms with van der Waals surface area (Å²) in [4.78, 5) is 98.3. The molecule has 8 atom stereocenters. The molecule has 4 aromatic rings. The zero-order valence-corrected chi connectivity index (χ0v) is 39.0. The molecule has 2 aromatic heterocycles. The molecule has 0 radical (unpaired) electrons. The summed E-state index contributed by atoms with van der Waals surface area (Å²) in [6.07, 6.45) is -9.70. The van der Waals surface area contributed by atoms with Crippen LogP contribution in [0.5, 0.6) is 5.75 Å². The van der Waals surface area contributed by atoms with Crippen molar-refractivity contribution < 1.29 is 68.1 Å². The molecule has 69 heavy (non-hydrogen) atoms. The minimum atomic E-state index is -2.28. The van der Waals surface area contributed by atoms with Crippen LogP contribution in [0.2, 0.25) is 0 Å². The van der Waals surface area contributed by atoms with Crippen molar-refractivity contribution in [3.8, 4) is 17.1 Å². The minimum absolute atomic E-state index is 0.0259. The smallest absolute Gasteiger partial charge is 0.355 e. The van der Waals surface area contributed by atoms with Gasteiger partial charge in [-0.25, -0.2) is 19.4 Å². The summed E-state index contributed by atoms with van der Waals surface area (Å²) in [5, 5.41) is 53.6. The number of ether oxygens (including phenoxy) is 4. The van der Waals surface area contributed by atoms with Crippen molar-refractivity contribution in [2.75, 3.05) is 11.9 Å². The van der Waals surface area contributed by atoms with E-state index in [2.05, 4.69) is 21.3 Å². The highest BCUT2D eigenvalue weighted by Crippen LogP contribution is 2.42. The molecule has 3 aliphatic rings. The van der Waals surface area contributed by atoms with Gasteiger partial charge in [0.15, 0.2) is 6.10 Å². The number of aliphatic carboxylic acids is 1. The first-order valence-electron chi connectivity index (χ1n) is 22.6. The number of carboxylic acids is 1. The van der Waals surface area contributed by atoms with Crippen molar-refractivity contribution in [2.45, 2.75) is 129 Å². The van der Waals surface area contributed by atoms with E-state index in [1.54, 1.807) is 31.4 Å². The summed E-state index contributed by atoms with van der Waals surface area (Å²) in [6.45, 7) is 12.2. The Morgan fingerprint density at radius 2 is 1.65 bits per heavy atom. The molecule has 0 aliphatic carbocycles. The fourth-order valence-corrected chi connectivity index (χ4v) is 8.53. The highest BCUT2D eigenvalue weighted by Gasteiger charge is 2.50. The van der Waals surface area contributed by atoms with E-state index in [9.17, 15) is 54.0 Å². The summed E-state index contributed by atoms with van der Waals surface area (Å²) in [5.74, 6) is -6.67. The average Bonchev–Trinajstić information content (AvgIpc) is 3.67. The van der Waals surface area contributed by atoms with Crippen LogP contribution in [0, 0.1) is 5.92 Å². The van der Waals surface area contributed by atoms with Gasteiger partial charge in [0.25, 0.3) is 5.56 Å². The van der Waals surface area contributed by atoms with Gasteiger partial charge in [-0.15, -0.1) is 0 Å². The molecule has 21 nitrogen and oxygen atoms in total. The first-order chi connectivity index (χ1) is 32.6. The summed E-state index contributed by atoms with van der Waals surface area (Å²) < 4.78 is 24.2. The Morgan fingerprint density at radius 3 is 2.33 bits per heavy atom. The maximum atomic E-state index is 14.5. The number of nitrogens with one attached hydrogen (secondary N) is 4. The lowest BCUT2D eigenvalue weighted by Crippen LogP contribution is -2.61. The first-order valence-corrected chi connectivity index (χ1v) is 22.6. The number of hydrogen-bond acceptors (Lipinski definition) is 16. The number of hydrogen-bond donors (Lipinski definition) is 8. The summed E-state index contributed by atoms with van der Waals surface area (Å²) in [6, 6.07) is 10.7. The molecule has 7 rings (SSSR count). The van der Waals surface area contributed by atoms with Gasteiger partial charge < -0.3 is 65.2 Å². The number of nitrogens with zero attached hydrogens (tertiary/aromatic N) is 2. The summed E-state index contributed by atoms with van der Waals surface area (Å²) in [5.41, 5.74) is 0.143. The second-order valence-electron chi connectivity index (χ2n) is 18.0. The fourth-order valence-electron chi connectivity index (χ4n) is 8.53. The maximum Gasteiger partial charge on any atom is 0.355 e. The molecular formula is C48H56N6O15. The van der Waals surface area contributed by atoms with E-state index < -0.39 is 102 Å².